The predicted molar refractivity (Wildman–Crippen MR) is 82.6 cm³/mol. The predicted octanol–water partition coefficient (Wildman–Crippen LogP) is -0.289. The zero-order chi connectivity index (χ0) is 15.2. The van der Waals surface area contributed by atoms with Gasteiger partial charge in [0, 0.05) is 24.3 Å². The van der Waals surface area contributed by atoms with Gasteiger partial charge in [0.25, 0.3) is 0 Å². The Morgan fingerprint density at radius 2 is 1.41 bits per heavy atom. The Balaban J connectivity index is 0.00000242. The molecule has 0 radical (unpaired) electrons. The zero-order valence-corrected chi connectivity index (χ0v) is 15.3. The average Bonchev–Trinajstić information content (AvgIpc) is 2.53. The van der Waals surface area contributed by atoms with Crippen LogP contribution in [0.1, 0.15) is 11.1 Å². The number of ether oxygens (including phenoxy) is 3. The first kappa shape index (κ1) is 18.3. The summed E-state index contributed by atoms with van der Waals surface area (Å²) in [5.74, 6) is 2.13. The highest BCUT2D eigenvalue weighted by Gasteiger charge is 2.10. The zero-order valence-electron chi connectivity index (χ0n) is 13.2. The molecule has 5 heteroatoms. The van der Waals surface area contributed by atoms with Gasteiger partial charge in [0.1, 0.15) is 24.3 Å². The van der Waals surface area contributed by atoms with E-state index in [0.29, 0.717) is 17.2 Å². The standard InChI is InChI=1S/C17H20NO3.HI/c1-18-9-7-13(8-10-18)5-6-15-16(20-3)11-14(19-2)12-17(15)21-4;/h5-12H,1-4H3;1H/q+1;/p-1/b6-5-;. The van der Waals surface area contributed by atoms with Crippen LogP contribution in [0.3, 0.4) is 0 Å². The van der Waals surface area contributed by atoms with Crippen molar-refractivity contribution in [3.05, 3.63) is 47.8 Å². The molecule has 0 aliphatic heterocycles. The number of pyridine rings is 1. The average molecular weight is 413 g/mol. The summed E-state index contributed by atoms with van der Waals surface area (Å²) in [6.07, 6.45) is 8.00. The maximum absolute atomic E-state index is 5.42. The lowest BCUT2D eigenvalue weighted by Gasteiger charge is -2.12. The van der Waals surface area contributed by atoms with E-state index in [2.05, 4.69) is 0 Å². The molecule has 0 saturated heterocycles. The molecule has 22 heavy (non-hydrogen) atoms. The second-order valence-corrected chi connectivity index (χ2v) is 4.58. The van der Waals surface area contributed by atoms with Gasteiger partial charge in [0.15, 0.2) is 12.4 Å². The number of hydrogen-bond donors (Lipinski definition) is 0. The molecule has 0 spiro atoms. The van der Waals surface area contributed by atoms with Crippen molar-refractivity contribution in [1.29, 1.82) is 0 Å². The van der Waals surface area contributed by atoms with E-state index in [1.165, 1.54) is 0 Å². The number of aryl methyl sites for hydroxylation is 1. The molecule has 0 amide bonds. The maximum Gasteiger partial charge on any atom is 0.169 e. The van der Waals surface area contributed by atoms with E-state index in [4.69, 9.17) is 14.2 Å². The second kappa shape index (κ2) is 8.63. The summed E-state index contributed by atoms with van der Waals surface area (Å²) in [5.41, 5.74) is 1.99. The van der Waals surface area contributed by atoms with Gasteiger partial charge in [0.2, 0.25) is 0 Å². The Labute approximate surface area is 148 Å². The SMILES string of the molecule is COc1cc(OC)c(/C=C\c2cc[n+](C)cc2)c(OC)c1.[I-]. The van der Waals surface area contributed by atoms with Crippen LogP contribution < -0.4 is 42.8 Å². The Morgan fingerprint density at radius 3 is 1.86 bits per heavy atom. The van der Waals surface area contributed by atoms with E-state index in [0.717, 1.165) is 11.1 Å². The van der Waals surface area contributed by atoms with Gasteiger partial charge in [-0.2, -0.15) is 0 Å². The highest BCUT2D eigenvalue weighted by atomic mass is 127. The third-order valence-electron chi connectivity index (χ3n) is 3.20. The van der Waals surface area contributed by atoms with Crippen molar-refractivity contribution >= 4 is 12.2 Å². The fourth-order valence-corrected chi connectivity index (χ4v) is 2.00. The molecule has 0 aliphatic carbocycles. The summed E-state index contributed by atoms with van der Waals surface area (Å²) in [5, 5.41) is 0. The van der Waals surface area contributed by atoms with Crippen LogP contribution in [0.2, 0.25) is 0 Å². The first-order valence-electron chi connectivity index (χ1n) is 6.61. The number of hydrogen-bond acceptors (Lipinski definition) is 3. The normalized spacial score (nSPS) is 10.2. The Morgan fingerprint density at radius 1 is 0.864 bits per heavy atom. The van der Waals surface area contributed by atoms with Crippen LogP contribution in [0.5, 0.6) is 17.2 Å². The minimum absolute atomic E-state index is 0. The fourth-order valence-electron chi connectivity index (χ4n) is 2.00. The van der Waals surface area contributed by atoms with Crippen molar-refractivity contribution in [3.63, 3.8) is 0 Å². The van der Waals surface area contributed by atoms with Crippen molar-refractivity contribution in [2.24, 2.45) is 7.05 Å². The molecule has 1 aromatic carbocycles. The first-order valence-corrected chi connectivity index (χ1v) is 6.61. The highest BCUT2D eigenvalue weighted by molar-refractivity contribution is 5.76. The van der Waals surface area contributed by atoms with E-state index >= 15 is 0 Å². The van der Waals surface area contributed by atoms with Crippen molar-refractivity contribution in [2.45, 2.75) is 0 Å². The van der Waals surface area contributed by atoms with Crippen LogP contribution in [0.4, 0.5) is 0 Å². The van der Waals surface area contributed by atoms with E-state index < -0.39 is 0 Å². The lowest BCUT2D eigenvalue weighted by molar-refractivity contribution is -0.671. The topological polar surface area (TPSA) is 31.6 Å². The third-order valence-corrected chi connectivity index (χ3v) is 3.20. The van der Waals surface area contributed by atoms with Crippen molar-refractivity contribution in [2.75, 3.05) is 21.3 Å². The molecule has 0 unspecified atom stereocenters. The van der Waals surface area contributed by atoms with E-state index in [-0.39, 0.29) is 24.0 Å². The summed E-state index contributed by atoms with van der Waals surface area (Å²) >= 11 is 0. The molecular weight excluding hydrogens is 393 g/mol. The van der Waals surface area contributed by atoms with E-state index in [1.807, 2.05) is 60.4 Å². The summed E-state index contributed by atoms with van der Waals surface area (Å²) in [4.78, 5) is 0. The van der Waals surface area contributed by atoms with Crippen molar-refractivity contribution in [3.8, 4) is 17.2 Å². The molecule has 0 saturated carbocycles. The molecule has 1 aromatic heterocycles. The maximum atomic E-state index is 5.42. The van der Waals surface area contributed by atoms with Gasteiger partial charge >= 0.3 is 0 Å². The number of halogens is 1. The fraction of sp³-hybridized carbons (Fsp3) is 0.235. The monoisotopic (exact) mass is 413 g/mol. The minimum Gasteiger partial charge on any atom is -1.00 e. The molecule has 2 rings (SSSR count). The third kappa shape index (κ3) is 4.37. The minimum atomic E-state index is 0. The van der Waals surface area contributed by atoms with Crippen LogP contribution in [0.15, 0.2) is 36.7 Å². The van der Waals surface area contributed by atoms with Crippen LogP contribution >= 0.6 is 0 Å². The van der Waals surface area contributed by atoms with Gasteiger partial charge in [0.05, 0.1) is 26.9 Å². The number of nitrogens with zero attached hydrogens (tertiary/aromatic N) is 1. The van der Waals surface area contributed by atoms with Gasteiger partial charge in [-0.1, -0.05) is 6.08 Å². The molecule has 0 atom stereocenters. The number of rotatable bonds is 5. The summed E-state index contributed by atoms with van der Waals surface area (Å²) < 4.78 is 18.1. The van der Waals surface area contributed by atoms with Gasteiger partial charge in [-0.3, -0.25) is 0 Å². The number of benzene rings is 1. The van der Waals surface area contributed by atoms with Crippen molar-refractivity contribution in [1.82, 2.24) is 0 Å². The number of methoxy groups -OCH3 is 3. The van der Waals surface area contributed by atoms with Crippen LogP contribution in [-0.2, 0) is 7.05 Å². The van der Waals surface area contributed by atoms with E-state index in [1.54, 1.807) is 21.3 Å². The highest BCUT2D eigenvalue weighted by Crippen LogP contribution is 2.35. The summed E-state index contributed by atoms with van der Waals surface area (Å²) in [7, 11) is 6.87. The van der Waals surface area contributed by atoms with Gasteiger partial charge in [-0.25, -0.2) is 4.57 Å². The lowest BCUT2D eigenvalue weighted by Crippen LogP contribution is -3.00. The molecule has 0 N–H and O–H groups in total. The Bertz CT molecular complexity index is 614. The molecule has 0 aliphatic rings. The lowest BCUT2D eigenvalue weighted by atomic mass is 10.1. The molecule has 0 bridgehead atoms. The van der Waals surface area contributed by atoms with Crippen LogP contribution in [0.25, 0.3) is 12.2 Å². The summed E-state index contributed by atoms with van der Waals surface area (Å²) in [6.45, 7) is 0. The smallest absolute Gasteiger partial charge is 0.169 e. The molecule has 118 valence electrons. The second-order valence-electron chi connectivity index (χ2n) is 4.58. The van der Waals surface area contributed by atoms with Gasteiger partial charge in [-0.15, -0.1) is 0 Å². The molecule has 1 heterocycles. The van der Waals surface area contributed by atoms with Gasteiger partial charge < -0.3 is 38.2 Å². The molecule has 2 aromatic rings. The Hall–Kier alpha value is -1.76. The van der Waals surface area contributed by atoms with E-state index in [9.17, 15) is 0 Å². The first-order chi connectivity index (χ1) is 10.2. The van der Waals surface area contributed by atoms with Crippen LogP contribution in [0, 0.1) is 0 Å². The van der Waals surface area contributed by atoms with Gasteiger partial charge in [-0.05, 0) is 11.6 Å². The Kier molecular flexibility index (Phi) is 7.17. The quantitative estimate of drug-likeness (QED) is 0.499. The molecule has 0 fully saturated rings. The van der Waals surface area contributed by atoms with Crippen LogP contribution in [-0.4, -0.2) is 21.3 Å². The molecular formula is C17H20INO3. The van der Waals surface area contributed by atoms with Crippen molar-refractivity contribution < 1.29 is 42.8 Å². The molecule has 4 nitrogen and oxygen atoms in total. The summed E-state index contributed by atoms with van der Waals surface area (Å²) in [6, 6.07) is 7.76. The largest absolute Gasteiger partial charge is 1.00 e. The number of aromatic nitrogens is 1.